The molecule has 0 spiro atoms. The van der Waals surface area contributed by atoms with E-state index in [9.17, 15) is 8.42 Å². The van der Waals surface area contributed by atoms with E-state index in [0.29, 0.717) is 16.8 Å². The Morgan fingerprint density at radius 1 is 1.33 bits per heavy atom. The fourth-order valence-corrected chi connectivity index (χ4v) is 4.85. The first kappa shape index (κ1) is 18.1. The molecule has 6 heteroatoms. The predicted molar refractivity (Wildman–Crippen MR) is 90.2 cm³/mol. The highest BCUT2D eigenvalue weighted by molar-refractivity contribution is 7.91. The van der Waals surface area contributed by atoms with Crippen LogP contribution in [0.25, 0.3) is 0 Å². The zero-order chi connectivity index (χ0) is 16.0. The largest absolute Gasteiger partial charge is 0.310 e. The fourth-order valence-electron chi connectivity index (χ4n) is 1.77. The van der Waals surface area contributed by atoms with Gasteiger partial charge >= 0.3 is 0 Å². The molecule has 0 bridgehead atoms. The minimum Gasteiger partial charge on any atom is -0.310 e. The number of hydrogen-bond acceptors (Lipinski definition) is 4. The zero-order valence-corrected chi connectivity index (χ0v) is 14.6. The van der Waals surface area contributed by atoms with Crippen LogP contribution in [-0.4, -0.2) is 31.9 Å². The van der Waals surface area contributed by atoms with Gasteiger partial charge in [0.25, 0.3) is 10.0 Å². The van der Waals surface area contributed by atoms with Gasteiger partial charge in [-0.1, -0.05) is 26.0 Å². The Labute approximate surface area is 132 Å². The maximum absolute atomic E-state index is 12.6. The van der Waals surface area contributed by atoms with E-state index in [0.717, 1.165) is 10.4 Å². The average Bonchev–Trinajstić information content (AvgIpc) is 2.78. The number of nitrogens with one attached hydrogen (secondary N) is 1. The summed E-state index contributed by atoms with van der Waals surface area (Å²) in [6.45, 7) is 14.6. The first-order chi connectivity index (χ1) is 9.82. The lowest BCUT2D eigenvalue weighted by atomic mass is 10.3. The summed E-state index contributed by atoms with van der Waals surface area (Å²) in [6, 6.07) is 2.11. The van der Waals surface area contributed by atoms with Crippen LogP contribution >= 0.6 is 11.3 Å². The first-order valence-corrected chi connectivity index (χ1v) is 9.13. The molecule has 0 aromatic carbocycles. The third kappa shape index (κ3) is 4.78. The molecule has 1 N–H and O–H groups in total. The zero-order valence-electron chi connectivity index (χ0n) is 12.9. The highest BCUT2D eigenvalue weighted by Gasteiger charge is 2.25. The fraction of sp³-hybridized carbons (Fsp3) is 0.467. The molecular weight excluding hydrogens is 304 g/mol. The molecule has 0 aliphatic rings. The van der Waals surface area contributed by atoms with Crippen molar-refractivity contribution in [3.63, 3.8) is 0 Å². The van der Waals surface area contributed by atoms with Crippen LogP contribution in [-0.2, 0) is 16.6 Å². The number of aryl methyl sites for hydroxylation is 1. The SMILES string of the molecule is C=CCN(CC=C)S(=O)(=O)c1cc(C)c(CNC(C)C)s1. The third-order valence-electron chi connectivity index (χ3n) is 2.93. The molecular formula is C15H24N2O2S2. The Bertz CT molecular complexity index is 579. The van der Waals surface area contributed by atoms with Crippen LogP contribution in [0.4, 0.5) is 0 Å². The number of nitrogens with zero attached hydrogens (tertiary/aromatic N) is 1. The summed E-state index contributed by atoms with van der Waals surface area (Å²) in [5.74, 6) is 0. The molecule has 0 aliphatic heterocycles. The molecule has 0 radical (unpaired) electrons. The Kier molecular flexibility index (Phi) is 6.80. The summed E-state index contributed by atoms with van der Waals surface area (Å²) in [7, 11) is -3.48. The van der Waals surface area contributed by atoms with Crippen molar-refractivity contribution >= 4 is 21.4 Å². The Balaban J connectivity index is 3.05. The van der Waals surface area contributed by atoms with Crippen molar-refractivity contribution in [3.8, 4) is 0 Å². The molecule has 1 rings (SSSR count). The molecule has 118 valence electrons. The highest BCUT2D eigenvalue weighted by atomic mass is 32.2. The van der Waals surface area contributed by atoms with E-state index in [1.54, 1.807) is 18.2 Å². The third-order valence-corrected chi connectivity index (χ3v) is 6.45. The summed E-state index contributed by atoms with van der Waals surface area (Å²) < 4.78 is 27.0. The van der Waals surface area contributed by atoms with E-state index in [2.05, 4.69) is 32.3 Å². The molecule has 0 saturated heterocycles. The minimum atomic E-state index is -3.48. The molecule has 0 atom stereocenters. The van der Waals surface area contributed by atoms with Crippen molar-refractivity contribution in [1.82, 2.24) is 9.62 Å². The summed E-state index contributed by atoms with van der Waals surface area (Å²) >= 11 is 1.33. The van der Waals surface area contributed by atoms with Gasteiger partial charge in [-0.3, -0.25) is 0 Å². The van der Waals surface area contributed by atoms with Crippen molar-refractivity contribution in [2.75, 3.05) is 13.1 Å². The van der Waals surface area contributed by atoms with E-state index < -0.39 is 10.0 Å². The van der Waals surface area contributed by atoms with Gasteiger partial charge in [0.1, 0.15) is 4.21 Å². The summed E-state index contributed by atoms with van der Waals surface area (Å²) in [6.07, 6.45) is 3.17. The number of sulfonamides is 1. The van der Waals surface area contributed by atoms with E-state index in [4.69, 9.17) is 0 Å². The predicted octanol–water partition coefficient (Wildman–Crippen LogP) is 2.92. The van der Waals surface area contributed by atoms with Crippen LogP contribution in [0, 0.1) is 6.92 Å². The standard InChI is InChI=1S/C15H24N2O2S2/c1-6-8-17(9-7-2)21(18,19)15-10-13(5)14(20-15)11-16-12(3)4/h6-7,10,12,16H,1-2,8-9,11H2,3-5H3. The van der Waals surface area contributed by atoms with Crippen LogP contribution in [0.1, 0.15) is 24.3 Å². The summed E-state index contributed by atoms with van der Waals surface area (Å²) in [4.78, 5) is 1.06. The quantitative estimate of drug-likeness (QED) is 0.709. The minimum absolute atomic E-state index is 0.283. The van der Waals surface area contributed by atoms with E-state index >= 15 is 0 Å². The van der Waals surface area contributed by atoms with Crippen molar-refractivity contribution in [3.05, 3.63) is 41.8 Å². The second-order valence-electron chi connectivity index (χ2n) is 5.11. The van der Waals surface area contributed by atoms with E-state index in [1.807, 2.05) is 6.92 Å². The van der Waals surface area contributed by atoms with Gasteiger partial charge in [-0.2, -0.15) is 4.31 Å². The Morgan fingerprint density at radius 2 is 1.90 bits per heavy atom. The molecule has 1 heterocycles. The summed E-state index contributed by atoms with van der Waals surface area (Å²) in [5.41, 5.74) is 1.00. The maximum Gasteiger partial charge on any atom is 0.253 e. The van der Waals surface area contributed by atoms with E-state index in [1.165, 1.54) is 15.6 Å². The van der Waals surface area contributed by atoms with Gasteiger partial charge in [0.05, 0.1) is 0 Å². The molecule has 0 unspecified atom stereocenters. The van der Waals surface area contributed by atoms with Crippen molar-refractivity contribution < 1.29 is 8.42 Å². The van der Waals surface area contributed by atoms with Gasteiger partial charge in [-0.15, -0.1) is 24.5 Å². The van der Waals surface area contributed by atoms with Crippen molar-refractivity contribution in [2.24, 2.45) is 0 Å². The monoisotopic (exact) mass is 328 g/mol. The Morgan fingerprint density at radius 3 is 2.38 bits per heavy atom. The number of hydrogen-bond donors (Lipinski definition) is 1. The maximum atomic E-state index is 12.6. The average molecular weight is 329 g/mol. The molecule has 21 heavy (non-hydrogen) atoms. The lowest BCUT2D eigenvalue weighted by molar-refractivity contribution is 0.476. The van der Waals surface area contributed by atoms with E-state index in [-0.39, 0.29) is 13.1 Å². The van der Waals surface area contributed by atoms with Gasteiger partial charge in [-0.05, 0) is 18.6 Å². The van der Waals surface area contributed by atoms with Crippen LogP contribution < -0.4 is 5.32 Å². The number of thiophene rings is 1. The Hall–Kier alpha value is -0.950. The highest BCUT2D eigenvalue weighted by Crippen LogP contribution is 2.28. The topological polar surface area (TPSA) is 49.4 Å². The first-order valence-electron chi connectivity index (χ1n) is 6.87. The summed E-state index contributed by atoms with van der Waals surface area (Å²) in [5, 5.41) is 3.32. The molecule has 0 aliphatic carbocycles. The van der Waals surface area contributed by atoms with Gasteiger partial charge in [0, 0.05) is 30.6 Å². The van der Waals surface area contributed by atoms with Crippen molar-refractivity contribution in [2.45, 2.75) is 37.6 Å². The molecule has 0 fully saturated rings. The van der Waals surface area contributed by atoms with Crippen LogP contribution in [0.2, 0.25) is 0 Å². The molecule has 1 aromatic rings. The van der Waals surface area contributed by atoms with Crippen LogP contribution in [0.5, 0.6) is 0 Å². The van der Waals surface area contributed by atoms with Crippen LogP contribution in [0.3, 0.4) is 0 Å². The smallest absolute Gasteiger partial charge is 0.253 e. The molecule has 1 aromatic heterocycles. The molecule has 0 amide bonds. The number of rotatable bonds is 9. The molecule has 0 saturated carbocycles. The van der Waals surface area contributed by atoms with Crippen LogP contribution in [0.15, 0.2) is 35.6 Å². The second kappa shape index (κ2) is 7.89. The van der Waals surface area contributed by atoms with Gasteiger partial charge in [0.2, 0.25) is 0 Å². The van der Waals surface area contributed by atoms with Crippen molar-refractivity contribution in [1.29, 1.82) is 0 Å². The second-order valence-corrected chi connectivity index (χ2v) is 8.41. The van der Waals surface area contributed by atoms with Gasteiger partial charge < -0.3 is 5.32 Å². The lowest BCUT2D eigenvalue weighted by Gasteiger charge is -2.17. The van der Waals surface area contributed by atoms with Gasteiger partial charge in [-0.25, -0.2) is 8.42 Å². The van der Waals surface area contributed by atoms with Gasteiger partial charge in [0.15, 0.2) is 0 Å². The molecule has 4 nitrogen and oxygen atoms in total. The lowest BCUT2D eigenvalue weighted by Crippen LogP contribution is -2.30. The normalized spacial score (nSPS) is 12.0.